The van der Waals surface area contributed by atoms with Crippen molar-refractivity contribution in [2.75, 3.05) is 4.90 Å². The number of anilines is 3. The number of benzene rings is 11. The van der Waals surface area contributed by atoms with Gasteiger partial charge in [-0.3, -0.25) is 0 Å². The van der Waals surface area contributed by atoms with Gasteiger partial charge in [-0.25, -0.2) is 0 Å². The Labute approximate surface area is 404 Å². The lowest BCUT2D eigenvalue weighted by Crippen LogP contribution is -2.28. The second-order valence-corrected chi connectivity index (χ2v) is 19.5. The van der Waals surface area contributed by atoms with Crippen molar-refractivity contribution in [3.63, 3.8) is 0 Å². The van der Waals surface area contributed by atoms with Gasteiger partial charge in [-0.05, 0) is 124 Å². The zero-order valence-electron chi connectivity index (χ0n) is 38.6. The van der Waals surface area contributed by atoms with Crippen LogP contribution in [0.25, 0.3) is 77.5 Å². The van der Waals surface area contributed by atoms with Crippen LogP contribution in [0.15, 0.2) is 249 Å². The van der Waals surface area contributed by atoms with Crippen molar-refractivity contribution >= 4 is 27.8 Å². The molecule has 11 aromatic carbocycles. The second-order valence-electron chi connectivity index (χ2n) is 19.5. The van der Waals surface area contributed by atoms with Gasteiger partial charge in [0.1, 0.15) is 0 Å². The van der Waals surface area contributed by atoms with Crippen LogP contribution < -0.4 is 4.90 Å². The van der Waals surface area contributed by atoms with E-state index in [4.69, 9.17) is 0 Å². The lowest BCUT2D eigenvalue weighted by Gasteiger charge is -2.37. The monoisotopic (exact) mass is 877 g/mol. The van der Waals surface area contributed by atoms with Crippen LogP contribution in [0.4, 0.5) is 17.1 Å². The Hall–Kier alpha value is -8.52. The lowest BCUT2D eigenvalue weighted by atomic mass is 9.70. The summed E-state index contributed by atoms with van der Waals surface area (Å²) in [5.41, 5.74) is 25.7. The summed E-state index contributed by atoms with van der Waals surface area (Å²) in [5, 5.41) is 2.49. The van der Waals surface area contributed by atoms with Gasteiger partial charge in [0.15, 0.2) is 0 Å². The van der Waals surface area contributed by atoms with Crippen molar-refractivity contribution in [2.45, 2.75) is 24.7 Å². The van der Waals surface area contributed by atoms with E-state index in [9.17, 15) is 0 Å². The van der Waals surface area contributed by atoms with Gasteiger partial charge >= 0.3 is 0 Å². The average molecular weight is 878 g/mol. The molecule has 0 heterocycles. The van der Waals surface area contributed by atoms with E-state index in [1.165, 1.54) is 111 Å². The molecule has 69 heavy (non-hydrogen) atoms. The van der Waals surface area contributed by atoms with Crippen molar-refractivity contribution in [1.29, 1.82) is 0 Å². The standard InChI is InChI=1S/C68H47N/c1-67(2)58-34-12-8-27-52(58)55-31-17-32-57(65(55)67)54-30-18-38-62(64(54)46-21-4-3-5-22-46)69(47-42-40-45(41-43-47)49-29-16-23-44-20-6-7-24-48(44)49)63-39-19-33-56-53-28-11-15-37-61(53)68(66(56)63)59-35-13-9-25-50(59)51-26-10-14-36-60(51)68/h3-43H,1-2H3. The van der Waals surface area contributed by atoms with Crippen molar-refractivity contribution in [3.8, 4) is 66.8 Å². The molecule has 0 N–H and O–H groups in total. The van der Waals surface area contributed by atoms with Gasteiger partial charge in [0.25, 0.3) is 0 Å². The summed E-state index contributed by atoms with van der Waals surface area (Å²) in [6, 6.07) is 93.2. The fourth-order valence-corrected chi connectivity index (χ4v) is 12.9. The Bertz CT molecular complexity index is 3800. The molecule has 324 valence electrons. The third-order valence-electron chi connectivity index (χ3n) is 15.7. The van der Waals surface area contributed by atoms with Crippen LogP contribution in [0.1, 0.15) is 47.2 Å². The Morgan fingerprint density at radius 3 is 1.39 bits per heavy atom. The zero-order valence-corrected chi connectivity index (χ0v) is 38.6. The normalized spacial score (nSPS) is 13.9. The SMILES string of the molecule is CC1(C)c2ccccc2-c2cccc(-c3cccc(N(c4ccc(-c5cccc6ccccc56)cc4)c4cccc5c4C4(c6ccccc6-c6ccccc64)c4ccccc4-5)c3-c3ccccc3)c21. The molecule has 1 spiro atoms. The number of nitrogens with zero attached hydrogens (tertiary/aromatic N) is 1. The first-order chi connectivity index (χ1) is 34.0. The van der Waals surface area contributed by atoms with Gasteiger partial charge in [0.05, 0.1) is 16.8 Å². The molecule has 0 radical (unpaired) electrons. The minimum absolute atomic E-state index is 0.203. The Kier molecular flexibility index (Phi) is 8.61. The quantitative estimate of drug-likeness (QED) is 0.161. The average Bonchev–Trinajstić information content (AvgIpc) is 3.98. The predicted octanol–water partition coefficient (Wildman–Crippen LogP) is 18.0. The molecule has 0 bridgehead atoms. The largest absolute Gasteiger partial charge is 0.309 e. The van der Waals surface area contributed by atoms with E-state index in [-0.39, 0.29) is 5.41 Å². The van der Waals surface area contributed by atoms with E-state index in [1.54, 1.807) is 0 Å². The van der Waals surface area contributed by atoms with Crippen LogP contribution in [0.3, 0.4) is 0 Å². The molecule has 0 aromatic heterocycles. The van der Waals surface area contributed by atoms with Gasteiger partial charge in [-0.1, -0.05) is 238 Å². The van der Waals surface area contributed by atoms with Gasteiger partial charge < -0.3 is 4.90 Å². The summed E-state index contributed by atoms with van der Waals surface area (Å²) in [5.74, 6) is 0. The predicted molar refractivity (Wildman–Crippen MR) is 289 cm³/mol. The molecule has 1 nitrogen and oxygen atoms in total. The first-order valence-electron chi connectivity index (χ1n) is 24.3. The lowest BCUT2D eigenvalue weighted by molar-refractivity contribution is 0.662. The number of fused-ring (bicyclic) bond motifs is 14. The number of hydrogen-bond acceptors (Lipinski definition) is 1. The minimum Gasteiger partial charge on any atom is -0.309 e. The van der Waals surface area contributed by atoms with Crippen LogP contribution in [-0.2, 0) is 10.8 Å². The molecule has 1 heteroatoms. The highest BCUT2D eigenvalue weighted by Crippen LogP contribution is 2.66. The van der Waals surface area contributed by atoms with Gasteiger partial charge in [0, 0.05) is 22.2 Å². The van der Waals surface area contributed by atoms with Crippen molar-refractivity contribution in [3.05, 3.63) is 282 Å². The maximum atomic E-state index is 2.60. The van der Waals surface area contributed by atoms with Crippen LogP contribution in [0.2, 0.25) is 0 Å². The fourth-order valence-electron chi connectivity index (χ4n) is 12.9. The van der Waals surface area contributed by atoms with E-state index in [1.807, 2.05) is 0 Å². The Morgan fingerprint density at radius 2 is 0.725 bits per heavy atom. The smallest absolute Gasteiger partial charge is 0.0746 e. The molecule has 11 aromatic rings. The van der Waals surface area contributed by atoms with E-state index in [0.29, 0.717) is 0 Å². The minimum atomic E-state index is -0.558. The Morgan fingerprint density at radius 1 is 0.290 bits per heavy atom. The molecular formula is C68H47N. The summed E-state index contributed by atoms with van der Waals surface area (Å²) in [6.07, 6.45) is 0. The van der Waals surface area contributed by atoms with Crippen molar-refractivity contribution in [1.82, 2.24) is 0 Å². The first kappa shape index (κ1) is 39.6. The molecular weight excluding hydrogens is 831 g/mol. The second kappa shape index (κ2) is 15.0. The highest BCUT2D eigenvalue weighted by atomic mass is 15.1. The maximum absolute atomic E-state index is 2.60. The summed E-state index contributed by atoms with van der Waals surface area (Å²) < 4.78 is 0. The van der Waals surface area contributed by atoms with Crippen LogP contribution >= 0.6 is 0 Å². The molecule has 0 fully saturated rings. The molecule has 3 aliphatic rings. The molecule has 0 atom stereocenters. The summed E-state index contributed by atoms with van der Waals surface area (Å²) in [7, 11) is 0. The van der Waals surface area contributed by atoms with Crippen molar-refractivity contribution < 1.29 is 0 Å². The molecule has 0 saturated heterocycles. The summed E-state index contributed by atoms with van der Waals surface area (Å²) in [6.45, 7) is 4.80. The van der Waals surface area contributed by atoms with E-state index in [2.05, 4.69) is 267 Å². The van der Waals surface area contributed by atoms with Crippen LogP contribution in [0.5, 0.6) is 0 Å². The van der Waals surface area contributed by atoms with E-state index >= 15 is 0 Å². The zero-order chi connectivity index (χ0) is 45.8. The van der Waals surface area contributed by atoms with E-state index < -0.39 is 5.41 Å². The van der Waals surface area contributed by atoms with Crippen LogP contribution in [-0.4, -0.2) is 0 Å². The highest BCUT2D eigenvalue weighted by molar-refractivity contribution is 6.04. The maximum Gasteiger partial charge on any atom is 0.0746 e. The fraction of sp³-hybridized carbons (Fsp3) is 0.0588. The molecule has 0 amide bonds. The first-order valence-corrected chi connectivity index (χ1v) is 24.3. The van der Waals surface area contributed by atoms with Gasteiger partial charge in [-0.15, -0.1) is 0 Å². The molecule has 0 aliphatic heterocycles. The summed E-state index contributed by atoms with van der Waals surface area (Å²) >= 11 is 0. The topological polar surface area (TPSA) is 3.24 Å². The van der Waals surface area contributed by atoms with Crippen molar-refractivity contribution in [2.24, 2.45) is 0 Å². The highest BCUT2D eigenvalue weighted by Gasteiger charge is 2.53. The number of hydrogen-bond donors (Lipinski definition) is 0. The summed E-state index contributed by atoms with van der Waals surface area (Å²) in [4.78, 5) is 2.60. The van der Waals surface area contributed by atoms with E-state index in [0.717, 1.165) is 17.1 Å². The molecule has 3 aliphatic carbocycles. The number of rotatable bonds is 6. The van der Waals surface area contributed by atoms with Crippen LogP contribution in [0, 0.1) is 0 Å². The Balaban J connectivity index is 1.09. The molecule has 14 rings (SSSR count). The van der Waals surface area contributed by atoms with Gasteiger partial charge in [0.2, 0.25) is 0 Å². The third kappa shape index (κ3) is 5.53. The van der Waals surface area contributed by atoms with Gasteiger partial charge in [-0.2, -0.15) is 0 Å². The third-order valence-corrected chi connectivity index (χ3v) is 15.7. The molecule has 0 saturated carbocycles. The molecule has 0 unspecified atom stereocenters.